The van der Waals surface area contributed by atoms with Gasteiger partial charge in [0.05, 0.1) is 11.4 Å². The van der Waals surface area contributed by atoms with E-state index in [1.54, 1.807) is 6.07 Å². The van der Waals surface area contributed by atoms with E-state index in [0.717, 1.165) is 44.3 Å². The molecule has 3 aliphatic heterocycles. The van der Waals surface area contributed by atoms with Gasteiger partial charge in [-0.1, -0.05) is 11.6 Å². The summed E-state index contributed by atoms with van der Waals surface area (Å²) in [7, 11) is 0. The maximum absolute atomic E-state index is 13.0. The zero-order valence-electron chi connectivity index (χ0n) is 15.4. The van der Waals surface area contributed by atoms with Gasteiger partial charge in [0, 0.05) is 32.1 Å². The molecule has 6 nitrogen and oxygen atoms in total. The van der Waals surface area contributed by atoms with Crippen molar-refractivity contribution in [3.8, 4) is 11.5 Å². The molecule has 146 valence electrons. The molecule has 0 radical (unpaired) electrons. The smallest absolute Gasteiger partial charge is 0.227 e. The lowest BCUT2D eigenvalue weighted by molar-refractivity contribution is -0.137. The van der Waals surface area contributed by atoms with Crippen LogP contribution in [0.2, 0.25) is 5.02 Å². The zero-order chi connectivity index (χ0) is 18.8. The largest absolute Gasteiger partial charge is 0.486 e. The highest BCUT2D eigenvalue weighted by Crippen LogP contribution is 2.38. The minimum atomic E-state index is 0.0825. The molecule has 3 aliphatic rings. The Morgan fingerprint density at radius 2 is 2.00 bits per heavy atom. The highest BCUT2D eigenvalue weighted by Gasteiger charge is 2.31. The first-order valence-corrected chi connectivity index (χ1v) is 10.1. The van der Waals surface area contributed by atoms with E-state index in [1.807, 2.05) is 15.9 Å². The molecule has 3 heterocycles. The molecule has 1 atom stereocenters. The van der Waals surface area contributed by atoms with E-state index in [-0.39, 0.29) is 24.3 Å². The first-order valence-electron chi connectivity index (χ1n) is 9.77. The topological polar surface area (TPSA) is 59.1 Å². The number of amides is 2. The summed E-state index contributed by atoms with van der Waals surface area (Å²) in [6.45, 7) is 3.19. The number of fused-ring (bicyclic) bond motifs is 1. The third-order valence-electron chi connectivity index (χ3n) is 5.56. The van der Waals surface area contributed by atoms with Crippen LogP contribution in [0.15, 0.2) is 12.1 Å². The van der Waals surface area contributed by atoms with Crippen LogP contribution in [-0.4, -0.2) is 60.5 Å². The van der Waals surface area contributed by atoms with Gasteiger partial charge in [0.2, 0.25) is 11.8 Å². The molecule has 7 heteroatoms. The van der Waals surface area contributed by atoms with Crippen LogP contribution >= 0.6 is 11.6 Å². The van der Waals surface area contributed by atoms with Gasteiger partial charge in [-0.15, -0.1) is 0 Å². The van der Waals surface area contributed by atoms with Gasteiger partial charge in [-0.3, -0.25) is 9.59 Å². The number of hydrogen-bond donors (Lipinski definition) is 0. The molecule has 0 saturated carbocycles. The van der Waals surface area contributed by atoms with Crippen molar-refractivity contribution >= 4 is 23.4 Å². The lowest BCUT2D eigenvalue weighted by Gasteiger charge is -2.38. The second-order valence-corrected chi connectivity index (χ2v) is 7.87. The number of benzene rings is 1. The summed E-state index contributed by atoms with van der Waals surface area (Å²) < 4.78 is 11.2. The number of ether oxygens (including phenoxy) is 2. The number of likely N-dealkylation sites (tertiary alicyclic amines) is 2. The van der Waals surface area contributed by atoms with Gasteiger partial charge in [0.1, 0.15) is 13.2 Å². The van der Waals surface area contributed by atoms with Crippen molar-refractivity contribution in [1.82, 2.24) is 9.80 Å². The summed E-state index contributed by atoms with van der Waals surface area (Å²) in [5, 5.41) is 0.479. The van der Waals surface area contributed by atoms with Crippen LogP contribution < -0.4 is 9.47 Å². The Balaban J connectivity index is 1.46. The van der Waals surface area contributed by atoms with E-state index in [9.17, 15) is 9.59 Å². The number of nitrogens with zero attached hydrogens (tertiary/aromatic N) is 2. The van der Waals surface area contributed by atoms with Gasteiger partial charge in [0.15, 0.2) is 11.5 Å². The number of rotatable bonds is 4. The quantitative estimate of drug-likeness (QED) is 0.790. The Bertz CT molecular complexity index is 739. The van der Waals surface area contributed by atoms with E-state index in [4.69, 9.17) is 21.1 Å². The Hall–Kier alpha value is -1.95. The molecule has 2 saturated heterocycles. The molecule has 0 bridgehead atoms. The van der Waals surface area contributed by atoms with Crippen LogP contribution in [0.3, 0.4) is 0 Å². The molecule has 0 aromatic heterocycles. The first kappa shape index (κ1) is 18.4. The Morgan fingerprint density at radius 3 is 2.81 bits per heavy atom. The van der Waals surface area contributed by atoms with E-state index >= 15 is 0 Å². The van der Waals surface area contributed by atoms with Gasteiger partial charge in [-0.05, 0) is 43.4 Å². The Morgan fingerprint density at radius 1 is 1.15 bits per heavy atom. The monoisotopic (exact) mass is 392 g/mol. The van der Waals surface area contributed by atoms with Gasteiger partial charge in [-0.25, -0.2) is 0 Å². The van der Waals surface area contributed by atoms with Crippen molar-refractivity contribution in [3.63, 3.8) is 0 Å². The maximum Gasteiger partial charge on any atom is 0.227 e. The maximum atomic E-state index is 13.0. The third-order valence-corrected chi connectivity index (χ3v) is 5.84. The van der Waals surface area contributed by atoms with Gasteiger partial charge in [0.25, 0.3) is 0 Å². The van der Waals surface area contributed by atoms with Crippen molar-refractivity contribution in [2.45, 2.75) is 44.6 Å². The molecule has 2 fully saturated rings. The highest BCUT2D eigenvalue weighted by atomic mass is 35.5. The second kappa shape index (κ2) is 7.97. The molecule has 1 aromatic rings. The SMILES string of the molecule is O=C1CCCN1C[C@@H]1CCCCN1C(=O)Cc1cc(Cl)c2c(c1)OCCO2. The molecule has 0 spiro atoms. The standard InChI is InChI=1S/C20H25ClN2O4/c21-16-10-14(11-17-20(16)27-9-8-26-17)12-19(25)23-7-2-1-4-15(23)13-22-6-3-5-18(22)24/h10-11,15H,1-9,12-13H2/t15-/m0/s1. The minimum Gasteiger partial charge on any atom is -0.486 e. The molecule has 1 aromatic carbocycles. The number of carbonyl (C=O) groups excluding carboxylic acids is 2. The van der Waals surface area contributed by atoms with Crippen molar-refractivity contribution in [2.24, 2.45) is 0 Å². The molecule has 4 rings (SSSR count). The lowest BCUT2D eigenvalue weighted by Crippen LogP contribution is -2.50. The van der Waals surface area contributed by atoms with Crippen molar-refractivity contribution in [3.05, 3.63) is 22.7 Å². The van der Waals surface area contributed by atoms with Crippen molar-refractivity contribution < 1.29 is 19.1 Å². The fourth-order valence-electron chi connectivity index (χ4n) is 4.21. The molecular weight excluding hydrogens is 368 g/mol. The summed E-state index contributed by atoms with van der Waals surface area (Å²) in [5.74, 6) is 1.46. The van der Waals surface area contributed by atoms with Crippen molar-refractivity contribution in [2.75, 3.05) is 32.8 Å². The van der Waals surface area contributed by atoms with E-state index in [2.05, 4.69) is 0 Å². The van der Waals surface area contributed by atoms with Gasteiger partial charge < -0.3 is 19.3 Å². The summed E-state index contributed by atoms with van der Waals surface area (Å²) in [6, 6.07) is 3.75. The normalized spacial score (nSPS) is 22.3. The van der Waals surface area contributed by atoms with E-state index in [0.29, 0.717) is 42.7 Å². The summed E-state index contributed by atoms with van der Waals surface area (Å²) in [5.41, 5.74) is 0.829. The lowest BCUT2D eigenvalue weighted by atomic mass is 10.00. The van der Waals surface area contributed by atoms with Gasteiger partial charge in [-0.2, -0.15) is 0 Å². The fraction of sp³-hybridized carbons (Fsp3) is 0.600. The zero-order valence-corrected chi connectivity index (χ0v) is 16.2. The van der Waals surface area contributed by atoms with Crippen LogP contribution in [0.5, 0.6) is 11.5 Å². The molecule has 27 heavy (non-hydrogen) atoms. The van der Waals surface area contributed by atoms with Gasteiger partial charge >= 0.3 is 0 Å². The predicted octanol–water partition coefficient (Wildman–Crippen LogP) is 2.66. The Labute approximate surface area is 164 Å². The molecular formula is C20H25ClN2O4. The highest BCUT2D eigenvalue weighted by molar-refractivity contribution is 6.32. The van der Waals surface area contributed by atoms with E-state index in [1.165, 1.54) is 0 Å². The van der Waals surface area contributed by atoms with E-state index < -0.39 is 0 Å². The fourth-order valence-corrected chi connectivity index (χ4v) is 4.50. The Kier molecular flexibility index (Phi) is 5.43. The summed E-state index contributed by atoms with van der Waals surface area (Å²) in [4.78, 5) is 28.9. The number of halogens is 1. The van der Waals surface area contributed by atoms with Crippen LogP contribution in [0.4, 0.5) is 0 Å². The molecule has 2 amide bonds. The first-order chi connectivity index (χ1) is 13.1. The second-order valence-electron chi connectivity index (χ2n) is 7.46. The average molecular weight is 393 g/mol. The molecule has 0 unspecified atom stereocenters. The number of piperidine rings is 1. The van der Waals surface area contributed by atoms with Crippen LogP contribution in [0.1, 0.15) is 37.7 Å². The third kappa shape index (κ3) is 4.00. The average Bonchev–Trinajstić information content (AvgIpc) is 3.07. The van der Waals surface area contributed by atoms with Crippen LogP contribution in [0.25, 0.3) is 0 Å². The van der Waals surface area contributed by atoms with Crippen molar-refractivity contribution in [1.29, 1.82) is 0 Å². The summed E-state index contributed by atoms with van der Waals surface area (Å²) >= 11 is 6.30. The number of carbonyl (C=O) groups is 2. The van der Waals surface area contributed by atoms with Crippen LogP contribution in [0, 0.1) is 0 Å². The predicted molar refractivity (Wildman–Crippen MR) is 101 cm³/mol. The van der Waals surface area contributed by atoms with Crippen LogP contribution in [-0.2, 0) is 16.0 Å². The number of hydrogen-bond acceptors (Lipinski definition) is 4. The summed E-state index contributed by atoms with van der Waals surface area (Å²) in [6.07, 6.45) is 4.91. The minimum absolute atomic E-state index is 0.0825. The molecule has 0 aliphatic carbocycles. The molecule has 0 N–H and O–H groups in total.